The van der Waals surface area contributed by atoms with Crippen LogP contribution in [0.1, 0.15) is 5.82 Å². The minimum Gasteiger partial charge on any atom is -0.377 e. The lowest BCUT2D eigenvalue weighted by Gasteiger charge is -2.04. The third-order valence-corrected chi connectivity index (χ3v) is 2.28. The Bertz CT molecular complexity index is 474. The van der Waals surface area contributed by atoms with Crippen LogP contribution in [0.3, 0.4) is 0 Å². The topological polar surface area (TPSA) is 35.0 Å². The first kappa shape index (κ1) is 11.0. The lowest BCUT2D eigenvalue weighted by molar-refractivity contribution is 0.178. The van der Waals surface area contributed by atoms with E-state index in [-0.39, 0.29) is 0 Å². The van der Waals surface area contributed by atoms with Crippen molar-refractivity contribution in [2.45, 2.75) is 6.61 Å². The van der Waals surface area contributed by atoms with Gasteiger partial charge in [-0.3, -0.25) is 0 Å². The number of halogens is 1. The number of hydrogen-bond acceptors (Lipinski definition) is 3. The summed E-state index contributed by atoms with van der Waals surface area (Å²) >= 11 is 5.93. The molecule has 0 aliphatic heterocycles. The van der Waals surface area contributed by atoms with Gasteiger partial charge in [0.05, 0.1) is 5.69 Å². The van der Waals surface area contributed by atoms with Gasteiger partial charge in [0.25, 0.3) is 0 Å². The fraction of sp³-hybridized carbons (Fsp3) is 0.167. The van der Waals surface area contributed by atoms with E-state index in [1.807, 2.05) is 30.3 Å². The Morgan fingerprint density at radius 1 is 1.19 bits per heavy atom. The molecule has 0 spiro atoms. The summed E-state index contributed by atoms with van der Waals surface area (Å²) in [6, 6.07) is 11.6. The third-order valence-electron chi connectivity index (χ3n) is 2.08. The minimum absolute atomic E-state index is 0.362. The van der Waals surface area contributed by atoms with Gasteiger partial charge in [0, 0.05) is 18.7 Å². The summed E-state index contributed by atoms with van der Waals surface area (Å²) in [6.07, 6.45) is 0. The summed E-state index contributed by atoms with van der Waals surface area (Å²) in [7, 11) is 1.60. The van der Waals surface area contributed by atoms with Gasteiger partial charge in [-0.05, 0) is 0 Å². The number of aromatic nitrogens is 2. The molecule has 0 amide bonds. The Kier molecular flexibility index (Phi) is 3.49. The van der Waals surface area contributed by atoms with Crippen molar-refractivity contribution in [2.24, 2.45) is 0 Å². The van der Waals surface area contributed by atoms with Crippen molar-refractivity contribution in [3.63, 3.8) is 0 Å². The predicted octanol–water partition coefficient (Wildman–Crippen LogP) is 2.94. The van der Waals surface area contributed by atoms with E-state index in [2.05, 4.69) is 9.97 Å². The highest BCUT2D eigenvalue weighted by Gasteiger charge is 2.04. The summed E-state index contributed by atoms with van der Waals surface area (Å²) < 4.78 is 4.99. The van der Waals surface area contributed by atoms with Crippen LogP contribution >= 0.6 is 11.6 Å². The van der Waals surface area contributed by atoms with Crippen LogP contribution in [0.2, 0.25) is 5.15 Å². The molecule has 2 aromatic rings. The minimum atomic E-state index is 0.362. The van der Waals surface area contributed by atoms with Gasteiger partial charge in [-0.1, -0.05) is 41.9 Å². The lowest BCUT2D eigenvalue weighted by Crippen LogP contribution is -1.98. The van der Waals surface area contributed by atoms with E-state index >= 15 is 0 Å². The second-order valence-corrected chi connectivity index (χ2v) is 3.68. The molecule has 0 saturated heterocycles. The molecule has 0 aliphatic carbocycles. The zero-order valence-electron chi connectivity index (χ0n) is 8.85. The molecule has 82 valence electrons. The van der Waals surface area contributed by atoms with Gasteiger partial charge in [-0.15, -0.1) is 0 Å². The summed E-state index contributed by atoms with van der Waals surface area (Å²) in [5.74, 6) is 0.592. The molecule has 16 heavy (non-hydrogen) atoms. The van der Waals surface area contributed by atoms with Crippen LogP contribution in [0.4, 0.5) is 0 Å². The molecule has 0 aliphatic rings. The molecule has 4 heteroatoms. The highest BCUT2D eigenvalue weighted by molar-refractivity contribution is 6.29. The number of nitrogens with zero attached hydrogens (tertiary/aromatic N) is 2. The van der Waals surface area contributed by atoms with Crippen molar-refractivity contribution >= 4 is 11.6 Å². The maximum atomic E-state index is 5.93. The van der Waals surface area contributed by atoms with Crippen LogP contribution in [0.5, 0.6) is 0 Å². The van der Waals surface area contributed by atoms with Crippen molar-refractivity contribution in [3.05, 3.63) is 47.4 Å². The molecule has 0 unspecified atom stereocenters. The van der Waals surface area contributed by atoms with E-state index in [0.717, 1.165) is 11.3 Å². The fourth-order valence-electron chi connectivity index (χ4n) is 1.42. The second kappa shape index (κ2) is 5.05. The van der Waals surface area contributed by atoms with Gasteiger partial charge in [-0.25, -0.2) is 9.97 Å². The van der Waals surface area contributed by atoms with Crippen molar-refractivity contribution < 1.29 is 4.74 Å². The summed E-state index contributed by atoms with van der Waals surface area (Å²) in [5.41, 5.74) is 1.83. The Balaban J connectivity index is 2.41. The van der Waals surface area contributed by atoms with Crippen molar-refractivity contribution in [3.8, 4) is 11.3 Å². The third kappa shape index (κ3) is 2.56. The van der Waals surface area contributed by atoms with E-state index in [9.17, 15) is 0 Å². The van der Waals surface area contributed by atoms with Crippen LogP contribution in [0.15, 0.2) is 36.4 Å². The van der Waals surface area contributed by atoms with Gasteiger partial charge < -0.3 is 4.74 Å². The molecule has 1 aromatic carbocycles. The van der Waals surface area contributed by atoms with Gasteiger partial charge in [0.15, 0.2) is 5.82 Å². The molecular weight excluding hydrogens is 224 g/mol. The van der Waals surface area contributed by atoms with Crippen LogP contribution in [-0.2, 0) is 11.3 Å². The molecule has 2 rings (SSSR count). The number of benzene rings is 1. The molecule has 0 saturated carbocycles. The SMILES string of the molecule is COCc1nc(Cl)cc(-c2ccccc2)n1. The first-order valence-corrected chi connectivity index (χ1v) is 5.25. The average molecular weight is 235 g/mol. The van der Waals surface area contributed by atoms with Gasteiger partial charge >= 0.3 is 0 Å². The highest BCUT2D eigenvalue weighted by Crippen LogP contribution is 2.19. The van der Waals surface area contributed by atoms with E-state index in [1.165, 1.54) is 0 Å². The number of rotatable bonds is 3. The largest absolute Gasteiger partial charge is 0.377 e. The van der Waals surface area contributed by atoms with Crippen molar-refractivity contribution in [2.75, 3.05) is 7.11 Å². The quantitative estimate of drug-likeness (QED) is 0.766. The predicted molar refractivity (Wildman–Crippen MR) is 63.2 cm³/mol. The molecule has 0 bridgehead atoms. The Morgan fingerprint density at radius 3 is 2.62 bits per heavy atom. The van der Waals surface area contributed by atoms with Gasteiger partial charge in [0.2, 0.25) is 0 Å². The van der Waals surface area contributed by atoms with Crippen LogP contribution in [0, 0.1) is 0 Å². The molecule has 0 N–H and O–H groups in total. The molecule has 0 fully saturated rings. The lowest BCUT2D eigenvalue weighted by atomic mass is 10.1. The molecule has 1 heterocycles. The number of hydrogen-bond donors (Lipinski definition) is 0. The summed E-state index contributed by atoms with van der Waals surface area (Å²) in [6.45, 7) is 0.362. The molecule has 0 atom stereocenters. The van der Waals surface area contributed by atoms with Gasteiger partial charge in [-0.2, -0.15) is 0 Å². The van der Waals surface area contributed by atoms with E-state index in [0.29, 0.717) is 17.6 Å². The maximum Gasteiger partial charge on any atom is 0.156 e. The standard InChI is InChI=1S/C12H11ClN2O/c1-16-8-12-14-10(7-11(13)15-12)9-5-3-2-4-6-9/h2-7H,8H2,1H3. The molecule has 0 radical (unpaired) electrons. The van der Waals surface area contributed by atoms with Crippen LogP contribution in [-0.4, -0.2) is 17.1 Å². The Morgan fingerprint density at radius 2 is 1.94 bits per heavy atom. The number of ether oxygens (including phenoxy) is 1. The Hall–Kier alpha value is -1.45. The first-order chi connectivity index (χ1) is 7.79. The second-order valence-electron chi connectivity index (χ2n) is 3.29. The molecule has 1 aromatic heterocycles. The monoisotopic (exact) mass is 234 g/mol. The molecule has 3 nitrogen and oxygen atoms in total. The summed E-state index contributed by atoms with van der Waals surface area (Å²) in [4.78, 5) is 8.45. The fourth-order valence-corrected chi connectivity index (χ4v) is 1.62. The highest BCUT2D eigenvalue weighted by atomic mass is 35.5. The van der Waals surface area contributed by atoms with E-state index in [1.54, 1.807) is 13.2 Å². The first-order valence-electron chi connectivity index (χ1n) is 4.87. The van der Waals surface area contributed by atoms with Crippen molar-refractivity contribution in [1.82, 2.24) is 9.97 Å². The zero-order valence-corrected chi connectivity index (χ0v) is 9.61. The molecular formula is C12H11ClN2O. The summed E-state index contributed by atoms with van der Waals surface area (Å²) in [5, 5.41) is 0.431. The van der Waals surface area contributed by atoms with Gasteiger partial charge in [0.1, 0.15) is 11.8 Å². The Labute approximate surface area is 99.1 Å². The van der Waals surface area contributed by atoms with Crippen LogP contribution in [0.25, 0.3) is 11.3 Å². The van der Waals surface area contributed by atoms with E-state index in [4.69, 9.17) is 16.3 Å². The smallest absolute Gasteiger partial charge is 0.156 e. The number of methoxy groups -OCH3 is 1. The maximum absolute atomic E-state index is 5.93. The normalized spacial score (nSPS) is 10.4. The van der Waals surface area contributed by atoms with Crippen LogP contribution < -0.4 is 0 Å². The zero-order chi connectivity index (χ0) is 11.4. The average Bonchev–Trinajstić information content (AvgIpc) is 2.30. The van der Waals surface area contributed by atoms with E-state index < -0.39 is 0 Å². The van der Waals surface area contributed by atoms with Crippen molar-refractivity contribution in [1.29, 1.82) is 0 Å².